The van der Waals surface area contributed by atoms with Gasteiger partial charge in [0.25, 0.3) is 0 Å². The van der Waals surface area contributed by atoms with Gasteiger partial charge in [-0.25, -0.2) is 0 Å². The van der Waals surface area contributed by atoms with Crippen LogP contribution in [0.2, 0.25) is 0 Å². The van der Waals surface area contributed by atoms with Gasteiger partial charge >= 0.3 is 0 Å². The van der Waals surface area contributed by atoms with E-state index in [9.17, 15) is 0 Å². The molecule has 2 atom stereocenters. The maximum atomic E-state index is 3.61. The van der Waals surface area contributed by atoms with Crippen molar-refractivity contribution in [1.82, 2.24) is 5.32 Å². The number of rotatable bonds is 4. The van der Waals surface area contributed by atoms with E-state index in [1.807, 2.05) is 0 Å². The van der Waals surface area contributed by atoms with Crippen molar-refractivity contribution in [1.29, 1.82) is 0 Å². The summed E-state index contributed by atoms with van der Waals surface area (Å²) in [6, 6.07) is 0. The van der Waals surface area contributed by atoms with Gasteiger partial charge in [0, 0.05) is 5.54 Å². The Kier molecular flexibility index (Phi) is 4.39. The first-order valence-corrected chi connectivity index (χ1v) is 6.48. The smallest absolute Gasteiger partial charge is 0.0339 e. The largest absolute Gasteiger partial charge is 0.308 e. The van der Waals surface area contributed by atoms with Crippen LogP contribution in [0.15, 0.2) is 11.6 Å². The van der Waals surface area contributed by atoms with E-state index in [1.165, 1.54) is 19.3 Å². The molecule has 0 bridgehead atoms. The minimum atomic E-state index is 0.185. The van der Waals surface area contributed by atoms with Gasteiger partial charge in [-0.3, -0.25) is 0 Å². The zero-order chi connectivity index (χ0) is 11.5. The third-order valence-electron chi connectivity index (χ3n) is 3.85. The van der Waals surface area contributed by atoms with Gasteiger partial charge in [0.05, 0.1) is 0 Å². The van der Waals surface area contributed by atoms with E-state index in [2.05, 4.69) is 46.0 Å². The maximum Gasteiger partial charge on any atom is 0.0339 e. The Morgan fingerprint density at radius 3 is 2.60 bits per heavy atom. The topological polar surface area (TPSA) is 12.0 Å². The molecule has 1 aliphatic rings. The fourth-order valence-corrected chi connectivity index (χ4v) is 3.05. The molecule has 0 aliphatic heterocycles. The molecule has 0 aromatic heterocycles. The summed E-state index contributed by atoms with van der Waals surface area (Å²) in [5.74, 6) is 1.64. The average molecular weight is 209 g/mol. The van der Waals surface area contributed by atoms with Gasteiger partial charge in [-0.2, -0.15) is 0 Å². The lowest BCUT2D eigenvalue weighted by atomic mass is 9.71. The highest BCUT2D eigenvalue weighted by atomic mass is 14.9. The number of allylic oxidation sites excluding steroid dienone is 1. The molecule has 1 nitrogen and oxygen atoms in total. The van der Waals surface area contributed by atoms with Gasteiger partial charge in [-0.1, -0.05) is 32.4 Å². The summed E-state index contributed by atoms with van der Waals surface area (Å²) in [6.07, 6.45) is 6.39. The first-order valence-electron chi connectivity index (χ1n) is 6.48. The van der Waals surface area contributed by atoms with E-state index in [0.29, 0.717) is 0 Å². The number of likely N-dealkylation sites (N-methyl/N-ethyl adjacent to an activating group) is 1. The van der Waals surface area contributed by atoms with Crippen molar-refractivity contribution in [3.8, 4) is 0 Å². The minimum absolute atomic E-state index is 0.185. The van der Waals surface area contributed by atoms with Crippen molar-refractivity contribution in [2.75, 3.05) is 6.54 Å². The predicted octanol–water partition coefficient (Wildman–Crippen LogP) is 3.76. The summed E-state index contributed by atoms with van der Waals surface area (Å²) < 4.78 is 0. The van der Waals surface area contributed by atoms with Gasteiger partial charge < -0.3 is 5.32 Å². The van der Waals surface area contributed by atoms with Crippen LogP contribution in [-0.2, 0) is 0 Å². The molecule has 0 saturated carbocycles. The van der Waals surface area contributed by atoms with Gasteiger partial charge in [-0.15, -0.1) is 0 Å². The quantitative estimate of drug-likeness (QED) is 0.695. The van der Waals surface area contributed by atoms with E-state index in [1.54, 1.807) is 5.57 Å². The summed E-state index contributed by atoms with van der Waals surface area (Å²) in [6.45, 7) is 12.6. The molecule has 1 aliphatic carbocycles. The van der Waals surface area contributed by atoms with Crippen LogP contribution in [0, 0.1) is 11.8 Å². The van der Waals surface area contributed by atoms with Crippen molar-refractivity contribution >= 4 is 0 Å². The molecule has 0 saturated heterocycles. The third-order valence-corrected chi connectivity index (χ3v) is 3.85. The number of hydrogen-bond acceptors (Lipinski definition) is 1. The molecular formula is C14H27N. The Bertz CT molecular complexity index is 227. The molecule has 0 radical (unpaired) electrons. The molecule has 0 aromatic carbocycles. The lowest BCUT2D eigenvalue weighted by molar-refractivity contribution is 0.300. The number of hydrogen-bond donors (Lipinski definition) is 1. The molecule has 15 heavy (non-hydrogen) atoms. The first kappa shape index (κ1) is 12.8. The molecule has 0 spiro atoms. The Hall–Kier alpha value is -0.300. The Morgan fingerprint density at radius 1 is 1.40 bits per heavy atom. The van der Waals surface area contributed by atoms with Crippen LogP contribution in [0.5, 0.6) is 0 Å². The zero-order valence-corrected chi connectivity index (χ0v) is 11.1. The standard InChI is InChI=1S/C14H27N/c1-6-12-11(3)9-8-10-13(12)14(4,5)15-7-2/h10-12,15H,6-9H2,1-5H3. The summed E-state index contributed by atoms with van der Waals surface area (Å²) in [5.41, 5.74) is 1.83. The van der Waals surface area contributed by atoms with Crippen LogP contribution in [0.25, 0.3) is 0 Å². The van der Waals surface area contributed by atoms with Crippen LogP contribution in [0.1, 0.15) is 53.9 Å². The van der Waals surface area contributed by atoms with Crippen molar-refractivity contribution in [3.63, 3.8) is 0 Å². The second-order valence-corrected chi connectivity index (χ2v) is 5.38. The highest BCUT2D eigenvalue weighted by Crippen LogP contribution is 2.38. The highest BCUT2D eigenvalue weighted by molar-refractivity contribution is 5.23. The van der Waals surface area contributed by atoms with E-state index < -0.39 is 0 Å². The molecule has 0 heterocycles. The Balaban J connectivity index is 2.86. The van der Waals surface area contributed by atoms with Gasteiger partial charge in [0.15, 0.2) is 0 Å². The average Bonchev–Trinajstić information content (AvgIpc) is 2.17. The highest BCUT2D eigenvalue weighted by Gasteiger charge is 2.32. The molecular weight excluding hydrogens is 182 g/mol. The van der Waals surface area contributed by atoms with E-state index in [-0.39, 0.29) is 5.54 Å². The molecule has 0 fully saturated rings. The lowest BCUT2D eigenvalue weighted by Crippen LogP contribution is -2.44. The van der Waals surface area contributed by atoms with Crippen LogP contribution >= 0.6 is 0 Å². The number of nitrogens with one attached hydrogen (secondary N) is 1. The Labute approximate surface area is 95.3 Å². The molecule has 88 valence electrons. The normalized spacial score (nSPS) is 27.7. The third kappa shape index (κ3) is 2.84. The van der Waals surface area contributed by atoms with Crippen molar-refractivity contribution in [2.45, 2.75) is 59.4 Å². The fraction of sp³-hybridized carbons (Fsp3) is 0.857. The maximum absolute atomic E-state index is 3.61. The van der Waals surface area contributed by atoms with E-state index in [0.717, 1.165) is 18.4 Å². The first-order chi connectivity index (χ1) is 7.03. The SMILES string of the molecule is CCNC(C)(C)C1=CCCC(C)C1CC. The molecule has 2 unspecified atom stereocenters. The fourth-order valence-electron chi connectivity index (χ4n) is 3.05. The summed E-state index contributed by atoms with van der Waals surface area (Å²) in [5, 5.41) is 3.61. The lowest BCUT2D eigenvalue weighted by Gasteiger charge is -2.39. The van der Waals surface area contributed by atoms with E-state index >= 15 is 0 Å². The van der Waals surface area contributed by atoms with Crippen LogP contribution in [0.4, 0.5) is 0 Å². The van der Waals surface area contributed by atoms with Crippen LogP contribution in [-0.4, -0.2) is 12.1 Å². The van der Waals surface area contributed by atoms with Gasteiger partial charge in [0.2, 0.25) is 0 Å². The summed E-state index contributed by atoms with van der Waals surface area (Å²) >= 11 is 0. The predicted molar refractivity (Wildman–Crippen MR) is 68.0 cm³/mol. The van der Waals surface area contributed by atoms with Gasteiger partial charge in [-0.05, 0) is 51.5 Å². The minimum Gasteiger partial charge on any atom is -0.308 e. The summed E-state index contributed by atoms with van der Waals surface area (Å²) in [4.78, 5) is 0. The van der Waals surface area contributed by atoms with Crippen LogP contribution < -0.4 is 5.32 Å². The van der Waals surface area contributed by atoms with E-state index in [4.69, 9.17) is 0 Å². The molecule has 1 heteroatoms. The second kappa shape index (κ2) is 5.16. The molecule has 0 aromatic rings. The van der Waals surface area contributed by atoms with Crippen LogP contribution in [0.3, 0.4) is 0 Å². The van der Waals surface area contributed by atoms with Crippen molar-refractivity contribution in [3.05, 3.63) is 11.6 Å². The second-order valence-electron chi connectivity index (χ2n) is 5.38. The monoisotopic (exact) mass is 209 g/mol. The molecule has 0 amide bonds. The summed E-state index contributed by atoms with van der Waals surface area (Å²) in [7, 11) is 0. The van der Waals surface area contributed by atoms with Crippen molar-refractivity contribution in [2.24, 2.45) is 11.8 Å². The van der Waals surface area contributed by atoms with Gasteiger partial charge in [0.1, 0.15) is 0 Å². The Morgan fingerprint density at radius 2 is 2.07 bits per heavy atom. The molecule has 1 rings (SSSR count). The zero-order valence-electron chi connectivity index (χ0n) is 11.1. The molecule has 1 N–H and O–H groups in total. The van der Waals surface area contributed by atoms with Crippen molar-refractivity contribution < 1.29 is 0 Å².